The highest BCUT2D eigenvalue weighted by Gasteiger charge is 2.54. The number of nitrogens with zero attached hydrogens (tertiary/aromatic N) is 3. The van der Waals surface area contributed by atoms with Gasteiger partial charge in [-0.15, -0.1) is 20.4 Å². The summed E-state index contributed by atoms with van der Waals surface area (Å²) in [5.41, 5.74) is -3.51. The third-order valence-electron chi connectivity index (χ3n) is 4.43. The molecule has 0 saturated heterocycles. The Morgan fingerprint density at radius 3 is 2.06 bits per heavy atom. The van der Waals surface area contributed by atoms with Crippen molar-refractivity contribution in [1.29, 1.82) is 0 Å². The number of nitrogens with one attached hydrogen (secondary N) is 1. The zero-order chi connectivity index (χ0) is 25.6. The average Bonchev–Trinajstić information content (AvgIpc) is 3.07. The van der Waals surface area contributed by atoms with Crippen LogP contribution in [-0.2, 0) is 0 Å². The molecule has 1 N–H and O–H groups in total. The molecule has 19 heteroatoms. The quantitative estimate of drug-likeness (QED) is 0.349. The lowest BCUT2D eigenvalue weighted by atomic mass is 9.12. The van der Waals surface area contributed by atoms with Gasteiger partial charge in [0.25, 0.3) is 0 Å². The van der Waals surface area contributed by atoms with Gasteiger partial charge < -0.3 is 10.1 Å². The minimum absolute atomic E-state index is 0.301. The first kappa shape index (κ1) is 27.2. The van der Waals surface area contributed by atoms with E-state index in [0.717, 1.165) is 18.3 Å². The Labute approximate surface area is 205 Å². The fraction of sp³-hybridized carbons (Fsp3) is 0.286. The highest BCUT2D eigenvalue weighted by atomic mass is 35.5. The second-order valence-electron chi connectivity index (χ2n) is 7.17. The second kappa shape index (κ2) is 8.93. The fourth-order valence-electron chi connectivity index (χ4n) is 2.99. The summed E-state index contributed by atoms with van der Waals surface area (Å²) < 4.78 is 19.7. The number of carbonyl (C=O) groups is 1. The van der Waals surface area contributed by atoms with E-state index in [1.165, 1.54) is 0 Å². The lowest BCUT2D eigenvalue weighted by Gasteiger charge is -2.65. The molecule has 0 aliphatic rings. The molecule has 0 atom stereocenters. The molecule has 0 unspecified atom stereocenters. The number of halogens is 2. The first-order valence-corrected chi connectivity index (χ1v) is 8.99. The lowest BCUT2D eigenvalue weighted by molar-refractivity contribution is -0.387. The smallest absolute Gasteiger partial charge is 0.342 e. The number of hydrogen-bond acceptors (Lipinski definition) is 5. The van der Waals surface area contributed by atoms with Gasteiger partial charge >= 0.3 is 11.7 Å². The fourth-order valence-corrected chi connectivity index (χ4v) is 3.19. The molecule has 18 radical (unpaired) electrons. The first-order valence-electron chi connectivity index (χ1n) is 8.61. The predicted octanol–water partition coefficient (Wildman–Crippen LogP) is -0.590. The Hall–Kier alpha value is -2.10. The van der Waals surface area contributed by atoms with Crippen molar-refractivity contribution in [3.63, 3.8) is 0 Å². The normalized spacial score (nSPS) is 12.8. The molecule has 2 aromatic rings. The maximum atomic E-state index is 13.9. The van der Waals surface area contributed by atoms with E-state index in [2.05, 4.69) is 10.4 Å². The van der Waals surface area contributed by atoms with Crippen LogP contribution in [0.1, 0.15) is 0 Å². The van der Waals surface area contributed by atoms with Crippen LogP contribution in [0.25, 0.3) is 0 Å². The summed E-state index contributed by atoms with van der Waals surface area (Å²) in [6.07, 6.45) is 1.05. The Morgan fingerprint density at radius 1 is 1.09 bits per heavy atom. The van der Waals surface area contributed by atoms with Crippen molar-refractivity contribution in [3.05, 3.63) is 45.4 Å². The molecule has 146 valence electrons. The van der Waals surface area contributed by atoms with Gasteiger partial charge in [-0.1, -0.05) is 11.6 Å². The highest BCUT2D eigenvalue weighted by molar-refractivity contribution is 6.71. The predicted molar refractivity (Wildman–Crippen MR) is 127 cm³/mol. The van der Waals surface area contributed by atoms with Gasteiger partial charge in [-0.3, -0.25) is 10.1 Å². The van der Waals surface area contributed by atoms with Crippen LogP contribution >= 0.6 is 11.6 Å². The van der Waals surface area contributed by atoms with Gasteiger partial charge in [0, 0.05) is 24.4 Å². The Kier molecular flexibility index (Phi) is 7.34. The molecular formula is C14H5B9ClFN4O4. The van der Waals surface area contributed by atoms with E-state index in [9.17, 15) is 19.3 Å². The molecule has 0 fully saturated rings. The molecule has 2 rings (SSSR count). The number of nitro groups is 1. The van der Waals surface area contributed by atoms with Crippen LogP contribution in [0.3, 0.4) is 0 Å². The van der Waals surface area contributed by atoms with Crippen molar-refractivity contribution in [2.75, 3.05) is 0 Å². The zero-order valence-corrected chi connectivity index (χ0v) is 17.5. The molecule has 0 aliphatic carbocycles. The van der Waals surface area contributed by atoms with Crippen molar-refractivity contribution in [2.24, 2.45) is 0 Å². The SMILES string of the molecule is [B]C([B])([B])C(NC(=O)n1ccc(Oc2cc(F)c([N+](=O)[O-])cc2Cl)n1)(C([B])([B])[B])C([B])([B])[B]. The maximum Gasteiger partial charge on any atom is 0.342 e. The van der Waals surface area contributed by atoms with Crippen LogP contribution in [0.15, 0.2) is 24.4 Å². The molecule has 0 aliphatic heterocycles. The number of amides is 1. The van der Waals surface area contributed by atoms with E-state index in [0.29, 0.717) is 10.7 Å². The monoisotopic (exact) mass is 446 g/mol. The summed E-state index contributed by atoms with van der Waals surface area (Å²) in [4.78, 5) is 22.6. The number of carbonyl (C=O) groups excluding carboxylic acids is 1. The largest absolute Gasteiger partial charge is 0.436 e. The molecular weight excluding hydrogens is 440 g/mol. The zero-order valence-electron chi connectivity index (χ0n) is 16.7. The molecule has 1 heterocycles. The summed E-state index contributed by atoms with van der Waals surface area (Å²) in [6, 6.07) is 1.36. The maximum absolute atomic E-state index is 13.9. The van der Waals surface area contributed by atoms with E-state index in [4.69, 9.17) is 87.0 Å². The van der Waals surface area contributed by atoms with Crippen molar-refractivity contribution >= 4 is 93.9 Å². The van der Waals surface area contributed by atoms with Crippen LogP contribution < -0.4 is 10.1 Å². The number of nitro benzene ring substituents is 1. The molecule has 33 heavy (non-hydrogen) atoms. The molecule has 1 aromatic carbocycles. The lowest BCUT2D eigenvalue weighted by Crippen LogP contribution is -2.72. The Morgan fingerprint density at radius 2 is 1.61 bits per heavy atom. The summed E-state index contributed by atoms with van der Waals surface area (Å²) in [6.45, 7) is 0. The van der Waals surface area contributed by atoms with Crippen molar-refractivity contribution < 1.29 is 18.8 Å². The van der Waals surface area contributed by atoms with Crippen LogP contribution in [0.5, 0.6) is 11.6 Å². The van der Waals surface area contributed by atoms with Crippen molar-refractivity contribution in [3.8, 4) is 11.6 Å². The summed E-state index contributed by atoms with van der Waals surface area (Å²) in [5.74, 6) is -1.86. The van der Waals surface area contributed by atoms with E-state index in [-0.39, 0.29) is 16.7 Å². The van der Waals surface area contributed by atoms with Crippen molar-refractivity contribution in [1.82, 2.24) is 15.1 Å². The average molecular weight is 445 g/mol. The Balaban J connectivity index is 2.38. The minimum atomic E-state index is -2.64. The topological polar surface area (TPSA) is 99.3 Å². The van der Waals surface area contributed by atoms with Gasteiger partial charge in [0.15, 0.2) is 5.75 Å². The Bertz CT molecular complexity index is 1050. The van der Waals surface area contributed by atoms with Crippen LogP contribution in [-0.4, -0.2) is 96.9 Å². The molecule has 0 spiro atoms. The second-order valence-corrected chi connectivity index (χ2v) is 7.58. The van der Waals surface area contributed by atoms with Crippen LogP contribution in [0.4, 0.5) is 14.9 Å². The number of aromatic nitrogens is 2. The first-order chi connectivity index (χ1) is 14.8. The third-order valence-corrected chi connectivity index (χ3v) is 4.72. The molecule has 0 saturated carbocycles. The molecule has 0 bridgehead atoms. The standard InChI is InChI=1S/C14H5B9ClFN4O4/c15-12(16,17)11(13(18,19)20,14(21,22)23)26-10(30)28-2-1-9(27-28)33-8-4-6(25)7(29(31)32)3-5(8)24/h1-4H,(H,26,30). The van der Waals surface area contributed by atoms with Gasteiger partial charge in [-0.25, -0.2) is 4.79 Å². The van der Waals surface area contributed by atoms with E-state index < -0.39 is 43.3 Å². The van der Waals surface area contributed by atoms with E-state index >= 15 is 0 Å². The molecule has 8 nitrogen and oxygen atoms in total. The molecule has 1 amide bonds. The van der Waals surface area contributed by atoms with Gasteiger partial charge in [0.2, 0.25) is 11.7 Å². The van der Waals surface area contributed by atoms with Crippen LogP contribution in [0.2, 0.25) is 20.4 Å². The number of ether oxygens (including phenoxy) is 1. The molecule has 1 aromatic heterocycles. The number of benzene rings is 1. The van der Waals surface area contributed by atoms with E-state index in [1.807, 2.05) is 0 Å². The summed E-state index contributed by atoms with van der Waals surface area (Å²) >= 11 is 5.87. The number of rotatable bonds is 7. The van der Waals surface area contributed by atoms with E-state index in [1.54, 1.807) is 0 Å². The van der Waals surface area contributed by atoms with Crippen molar-refractivity contribution in [2.45, 2.75) is 20.9 Å². The highest BCUT2D eigenvalue weighted by Crippen LogP contribution is 2.53. The van der Waals surface area contributed by atoms with Gasteiger partial charge in [0.05, 0.1) is 80.6 Å². The minimum Gasteiger partial charge on any atom is -0.436 e. The summed E-state index contributed by atoms with van der Waals surface area (Å²) in [5, 5.41) is 8.65. The van der Waals surface area contributed by atoms with Gasteiger partial charge in [0.1, 0.15) is 0 Å². The number of hydrogen-bond donors (Lipinski definition) is 1. The summed E-state index contributed by atoms with van der Waals surface area (Å²) in [7, 11) is 51.2. The van der Waals surface area contributed by atoms with Gasteiger partial charge in [-0.2, -0.15) is 9.07 Å². The third kappa shape index (κ3) is 5.20. The van der Waals surface area contributed by atoms with Gasteiger partial charge in [-0.05, 0) is 5.54 Å². The van der Waals surface area contributed by atoms with Crippen LogP contribution in [0, 0.1) is 15.9 Å².